The van der Waals surface area contributed by atoms with Gasteiger partial charge in [0.05, 0.1) is 30.5 Å². The first kappa shape index (κ1) is 12.1. The van der Waals surface area contributed by atoms with Gasteiger partial charge in [0.1, 0.15) is 6.61 Å². The number of rotatable bonds is 3. The number of halogens is 1. The number of H-pyrrole nitrogens is 1. The second kappa shape index (κ2) is 5.82. The Morgan fingerprint density at radius 2 is 2.35 bits per heavy atom. The fourth-order valence-corrected chi connectivity index (χ4v) is 2.00. The van der Waals surface area contributed by atoms with Crippen LogP contribution in [0.4, 0.5) is 0 Å². The summed E-state index contributed by atoms with van der Waals surface area (Å²) < 4.78 is 5.98. The third-order valence-corrected chi connectivity index (χ3v) is 2.78. The monoisotopic (exact) mass is 294 g/mol. The largest absolute Gasteiger partial charge is 0.394 e. The lowest BCUT2D eigenvalue weighted by molar-refractivity contribution is 0.115. The molecule has 0 atom stereocenters. The summed E-state index contributed by atoms with van der Waals surface area (Å²) in [5.74, 6) is 5.92. The van der Waals surface area contributed by atoms with Gasteiger partial charge in [0.25, 0.3) is 0 Å². The molecule has 0 spiro atoms. The molecule has 2 N–H and O–H groups in total. The van der Waals surface area contributed by atoms with E-state index in [1.807, 2.05) is 6.20 Å². The minimum Gasteiger partial charge on any atom is -0.394 e. The molecule has 2 aromatic heterocycles. The summed E-state index contributed by atoms with van der Waals surface area (Å²) in [6.45, 7) is 0.651. The van der Waals surface area contributed by atoms with E-state index < -0.39 is 0 Å². The van der Waals surface area contributed by atoms with Gasteiger partial charge in [-0.15, -0.1) is 0 Å². The van der Waals surface area contributed by atoms with Crippen molar-refractivity contribution in [3.63, 3.8) is 0 Å². The minimum atomic E-state index is 0.0198. The van der Waals surface area contributed by atoms with Crippen LogP contribution in [0, 0.1) is 11.8 Å². The molecular weight excluding hydrogens is 284 g/mol. The predicted molar refractivity (Wildman–Crippen MR) is 68.6 cm³/mol. The first-order chi connectivity index (χ1) is 8.33. The lowest BCUT2D eigenvalue weighted by Crippen LogP contribution is -1.98. The number of hydrogen-bond donors (Lipinski definition) is 2. The van der Waals surface area contributed by atoms with E-state index in [-0.39, 0.29) is 6.61 Å². The third kappa shape index (κ3) is 2.86. The van der Waals surface area contributed by atoms with Crippen LogP contribution in [0.5, 0.6) is 0 Å². The summed E-state index contributed by atoms with van der Waals surface area (Å²) in [6.07, 6.45) is 5.34. The van der Waals surface area contributed by atoms with E-state index in [2.05, 4.69) is 37.7 Å². The van der Waals surface area contributed by atoms with Gasteiger partial charge in [-0.25, -0.2) is 0 Å². The standard InChI is InChI=1S/C12H11BrN2O2/c13-10-7-14-8-11-12(10)9(6-15-11)2-1-4-17-5-3-16/h6-8,15-16H,3-5H2. The molecule has 4 nitrogen and oxygen atoms in total. The number of aromatic amines is 1. The molecule has 0 amide bonds. The highest BCUT2D eigenvalue weighted by Gasteiger charge is 2.04. The topological polar surface area (TPSA) is 58.1 Å². The van der Waals surface area contributed by atoms with Crippen LogP contribution >= 0.6 is 15.9 Å². The quantitative estimate of drug-likeness (QED) is 0.669. The summed E-state index contributed by atoms with van der Waals surface area (Å²) in [5, 5.41) is 9.56. The molecule has 0 unspecified atom stereocenters. The van der Waals surface area contributed by atoms with E-state index in [1.165, 1.54) is 0 Å². The zero-order valence-corrected chi connectivity index (χ0v) is 10.6. The Bertz CT molecular complexity index is 569. The molecule has 0 fully saturated rings. The molecule has 0 radical (unpaired) electrons. The van der Waals surface area contributed by atoms with Gasteiger partial charge in [-0.3, -0.25) is 4.98 Å². The van der Waals surface area contributed by atoms with Crippen molar-refractivity contribution >= 4 is 26.8 Å². The van der Waals surface area contributed by atoms with Crippen molar-refractivity contribution in [2.75, 3.05) is 19.8 Å². The van der Waals surface area contributed by atoms with Gasteiger partial charge < -0.3 is 14.8 Å². The number of aliphatic hydroxyl groups is 1. The van der Waals surface area contributed by atoms with E-state index in [9.17, 15) is 0 Å². The number of fused-ring (bicyclic) bond motifs is 1. The Labute approximate surface area is 107 Å². The maximum atomic E-state index is 8.54. The highest BCUT2D eigenvalue weighted by atomic mass is 79.9. The molecule has 0 aliphatic heterocycles. The number of hydrogen-bond acceptors (Lipinski definition) is 3. The summed E-state index contributed by atoms with van der Waals surface area (Å²) in [6, 6.07) is 0. The first-order valence-electron chi connectivity index (χ1n) is 5.11. The van der Waals surface area contributed by atoms with Crippen molar-refractivity contribution in [1.29, 1.82) is 0 Å². The Morgan fingerprint density at radius 1 is 1.47 bits per heavy atom. The molecule has 0 bridgehead atoms. The molecule has 0 aromatic carbocycles. The fourth-order valence-electron chi connectivity index (χ4n) is 1.46. The average Bonchev–Trinajstić information content (AvgIpc) is 2.74. The Morgan fingerprint density at radius 3 is 3.18 bits per heavy atom. The number of nitrogens with zero attached hydrogens (tertiary/aromatic N) is 1. The van der Waals surface area contributed by atoms with Crippen molar-refractivity contribution in [3.8, 4) is 11.8 Å². The van der Waals surface area contributed by atoms with Gasteiger partial charge in [-0.05, 0) is 15.9 Å². The lowest BCUT2D eigenvalue weighted by Gasteiger charge is -1.94. The number of ether oxygens (including phenoxy) is 1. The predicted octanol–water partition coefficient (Wildman–Crippen LogP) is 1.69. The van der Waals surface area contributed by atoms with E-state index in [0.717, 1.165) is 20.9 Å². The number of pyridine rings is 1. The molecule has 17 heavy (non-hydrogen) atoms. The second-order valence-electron chi connectivity index (χ2n) is 3.32. The minimum absolute atomic E-state index is 0.0198. The fraction of sp³-hybridized carbons (Fsp3) is 0.250. The summed E-state index contributed by atoms with van der Waals surface area (Å²) in [4.78, 5) is 7.17. The van der Waals surface area contributed by atoms with Gasteiger partial charge in [0.2, 0.25) is 0 Å². The molecular formula is C12H11BrN2O2. The van der Waals surface area contributed by atoms with Crippen LogP contribution in [-0.2, 0) is 4.74 Å². The lowest BCUT2D eigenvalue weighted by atomic mass is 10.2. The zero-order valence-electron chi connectivity index (χ0n) is 9.03. The Kier molecular flexibility index (Phi) is 4.15. The van der Waals surface area contributed by atoms with Crippen molar-refractivity contribution in [3.05, 3.63) is 28.6 Å². The Hall–Kier alpha value is -1.35. The van der Waals surface area contributed by atoms with Crippen molar-refractivity contribution < 1.29 is 9.84 Å². The Balaban J connectivity index is 2.19. The maximum absolute atomic E-state index is 8.54. The van der Waals surface area contributed by atoms with Gasteiger partial charge in [-0.1, -0.05) is 11.8 Å². The van der Waals surface area contributed by atoms with Crippen LogP contribution in [-0.4, -0.2) is 34.9 Å². The number of aliphatic hydroxyl groups excluding tert-OH is 1. The molecule has 0 aliphatic rings. The van der Waals surface area contributed by atoms with E-state index in [1.54, 1.807) is 12.4 Å². The molecule has 0 saturated carbocycles. The summed E-state index contributed by atoms with van der Waals surface area (Å²) >= 11 is 3.45. The molecule has 5 heteroatoms. The van der Waals surface area contributed by atoms with Gasteiger partial charge in [0, 0.05) is 22.3 Å². The van der Waals surface area contributed by atoms with Crippen LogP contribution in [0.15, 0.2) is 23.1 Å². The highest BCUT2D eigenvalue weighted by Crippen LogP contribution is 2.24. The second-order valence-corrected chi connectivity index (χ2v) is 4.18. The van der Waals surface area contributed by atoms with Crippen molar-refractivity contribution in [2.24, 2.45) is 0 Å². The van der Waals surface area contributed by atoms with Crippen LogP contribution in [0.2, 0.25) is 0 Å². The van der Waals surface area contributed by atoms with Crippen LogP contribution < -0.4 is 0 Å². The molecule has 0 aliphatic carbocycles. The van der Waals surface area contributed by atoms with Crippen LogP contribution in [0.25, 0.3) is 10.9 Å². The van der Waals surface area contributed by atoms with Gasteiger partial charge in [-0.2, -0.15) is 0 Å². The smallest absolute Gasteiger partial charge is 0.108 e. The highest BCUT2D eigenvalue weighted by molar-refractivity contribution is 9.10. The van der Waals surface area contributed by atoms with E-state index >= 15 is 0 Å². The van der Waals surface area contributed by atoms with Crippen molar-refractivity contribution in [2.45, 2.75) is 0 Å². The number of nitrogens with one attached hydrogen (secondary N) is 1. The molecule has 0 saturated heterocycles. The molecule has 2 rings (SSSR count). The third-order valence-electron chi connectivity index (χ3n) is 2.17. The van der Waals surface area contributed by atoms with E-state index in [4.69, 9.17) is 9.84 Å². The molecule has 2 heterocycles. The summed E-state index contributed by atoms with van der Waals surface area (Å²) in [7, 11) is 0. The summed E-state index contributed by atoms with van der Waals surface area (Å²) in [5.41, 5.74) is 1.85. The first-order valence-corrected chi connectivity index (χ1v) is 5.90. The average molecular weight is 295 g/mol. The van der Waals surface area contributed by atoms with Crippen LogP contribution in [0.3, 0.4) is 0 Å². The van der Waals surface area contributed by atoms with E-state index in [0.29, 0.717) is 13.2 Å². The zero-order chi connectivity index (χ0) is 12.1. The maximum Gasteiger partial charge on any atom is 0.108 e. The van der Waals surface area contributed by atoms with Crippen molar-refractivity contribution in [1.82, 2.24) is 9.97 Å². The van der Waals surface area contributed by atoms with Gasteiger partial charge in [0.15, 0.2) is 0 Å². The molecule has 2 aromatic rings. The number of aromatic nitrogens is 2. The normalized spacial score (nSPS) is 10.2. The van der Waals surface area contributed by atoms with Crippen LogP contribution in [0.1, 0.15) is 5.56 Å². The van der Waals surface area contributed by atoms with Gasteiger partial charge >= 0.3 is 0 Å². The SMILES string of the molecule is OCCOCC#Cc1c[nH]c2cncc(Br)c12. The molecule has 88 valence electrons.